The number of rotatable bonds is 2. The zero-order valence-electron chi connectivity index (χ0n) is 19.9. The molecule has 3 aromatic carbocycles. The van der Waals surface area contributed by atoms with Crippen LogP contribution in [0.3, 0.4) is 0 Å². The first-order chi connectivity index (χ1) is 14.1. The van der Waals surface area contributed by atoms with Gasteiger partial charge < -0.3 is 9.47 Å². The molecule has 0 unspecified atom stereocenters. The van der Waals surface area contributed by atoms with E-state index in [-0.39, 0.29) is 0 Å². The molecule has 0 saturated heterocycles. The molecule has 156 valence electrons. The van der Waals surface area contributed by atoms with Gasteiger partial charge in [-0.2, -0.15) is 4.57 Å². The molecule has 0 bridgehead atoms. The Balaban J connectivity index is 2.43. The summed E-state index contributed by atoms with van der Waals surface area (Å²) in [5.74, 6) is 1.63. The molecule has 4 rings (SSSR count). The summed E-state index contributed by atoms with van der Waals surface area (Å²) in [6.07, 6.45) is 2.20. The number of fused-ring (bicyclic) bond motifs is 5. The lowest BCUT2D eigenvalue weighted by molar-refractivity contribution is -0.642. The Labute approximate surface area is 179 Å². The third-order valence-corrected chi connectivity index (χ3v) is 7.30. The standard InChI is InChI=1S/C27H32NO2/c1-13-11-20-22(15(3)14(13)2)16(4)17(5)24-23-18(6)19(7)26(29-9)27(30-10)21(23)12-28(8)25(20)24/h11-12H,1-10H3/q+1. The molecule has 0 aliphatic heterocycles. The molecule has 3 nitrogen and oxygen atoms in total. The van der Waals surface area contributed by atoms with Gasteiger partial charge in [0, 0.05) is 5.39 Å². The molecule has 1 heterocycles. The van der Waals surface area contributed by atoms with Gasteiger partial charge in [-0.3, -0.25) is 0 Å². The largest absolute Gasteiger partial charge is 0.493 e. The van der Waals surface area contributed by atoms with Crippen molar-refractivity contribution in [3.8, 4) is 11.5 Å². The summed E-state index contributed by atoms with van der Waals surface area (Å²) in [6, 6.07) is 2.36. The highest BCUT2D eigenvalue weighted by Gasteiger charge is 2.26. The topological polar surface area (TPSA) is 22.3 Å². The van der Waals surface area contributed by atoms with E-state index >= 15 is 0 Å². The zero-order valence-corrected chi connectivity index (χ0v) is 19.9. The molecular weight excluding hydrogens is 370 g/mol. The Kier molecular flexibility index (Phi) is 4.68. The van der Waals surface area contributed by atoms with Crippen LogP contribution in [0.4, 0.5) is 0 Å². The minimum absolute atomic E-state index is 0.807. The van der Waals surface area contributed by atoms with Crippen LogP contribution in [0.5, 0.6) is 11.5 Å². The van der Waals surface area contributed by atoms with Gasteiger partial charge in [0.05, 0.1) is 30.4 Å². The average Bonchev–Trinajstić information content (AvgIpc) is 2.71. The number of nitrogens with zero attached hydrogens (tertiary/aromatic N) is 1. The maximum atomic E-state index is 5.86. The molecule has 4 aromatic rings. The molecule has 3 heteroatoms. The van der Waals surface area contributed by atoms with Crippen LogP contribution in [-0.4, -0.2) is 14.2 Å². The second kappa shape index (κ2) is 6.87. The van der Waals surface area contributed by atoms with E-state index in [9.17, 15) is 0 Å². The van der Waals surface area contributed by atoms with Gasteiger partial charge in [0.15, 0.2) is 17.7 Å². The van der Waals surface area contributed by atoms with Crippen molar-refractivity contribution >= 4 is 32.4 Å². The van der Waals surface area contributed by atoms with E-state index in [0.717, 1.165) is 22.4 Å². The highest BCUT2D eigenvalue weighted by Crippen LogP contribution is 2.45. The predicted molar refractivity (Wildman–Crippen MR) is 126 cm³/mol. The molecule has 1 aromatic heterocycles. The van der Waals surface area contributed by atoms with Crippen LogP contribution < -0.4 is 14.0 Å². The fourth-order valence-electron chi connectivity index (χ4n) is 5.23. The summed E-state index contributed by atoms with van der Waals surface area (Å²) in [6.45, 7) is 15.5. The van der Waals surface area contributed by atoms with Crippen molar-refractivity contribution in [3.63, 3.8) is 0 Å². The summed E-state index contributed by atoms with van der Waals surface area (Å²) < 4.78 is 13.9. The molecule has 0 atom stereocenters. The van der Waals surface area contributed by atoms with E-state index in [1.807, 2.05) is 0 Å². The molecule has 0 aliphatic carbocycles. The fraction of sp³-hybridized carbons (Fsp3) is 0.370. The Morgan fingerprint density at radius 2 is 1.13 bits per heavy atom. The number of hydrogen-bond acceptors (Lipinski definition) is 2. The van der Waals surface area contributed by atoms with Gasteiger partial charge >= 0.3 is 0 Å². The number of methoxy groups -OCH3 is 2. The molecule has 0 fully saturated rings. The predicted octanol–water partition coefficient (Wildman–Crippen LogP) is 6.15. The molecule has 30 heavy (non-hydrogen) atoms. The summed E-state index contributed by atoms with van der Waals surface area (Å²) in [5.41, 5.74) is 10.4. The van der Waals surface area contributed by atoms with Crippen LogP contribution in [0.2, 0.25) is 0 Å². The number of aromatic nitrogens is 1. The first-order valence-electron chi connectivity index (χ1n) is 10.5. The highest BCUT2D eigenvalue weighted by atomic mass is 16.5. The van der Waals surface area contributed by atoms with Gasteiger partial charge in [0.25, 0.3) is 0 Å². The average molecular weight is 403 g/mol. The Bertz CT molecular complexity index is 1380. The molecule has 0 N–H and O–H groups in total. The third-order valence-electron chi connectivity index (χ3n) is 7.30. The van der Waals surface area contributed by atoms with Gasteiger partial charge in [0.2, 0.25) is 5.52 Å². The summed E-state index contributed by atoms with van der Waals surface area (Å²) in [4.78, 5) is 0. The van der Waals surface area contributed by atoms with Crippen molar-refractivity contribution in [1.29, 1.82) is 0 Å². The maximum Gasteiger partial charge on any atom is 0.221 e. The van der Waals surface area contributed by atoms with E-state index < -0.39 is 0 Å². The van der Waals surface area contributed by atoms with E-state index in [1.54, 1.807) is 14.2 Å². The summed E-state index contributed by atoms with van der Waals surface area (Å²) in [5, 5.41) is 6.37. The molecule has 0 saturated carbocycles. The molecule has 0 amide bonds. The summed E-state index contributed by atoms with van der Waals surface area (Å²) >= 11 is 0. The van der Waals surface area contributed by atoms with Gasteiger partial charge in [-0.05, 0) is 98.9 Å². The highest BCUT2D eigenvalue weighted by molar-refractivity contribution is 6.19. The lowest BCUT2D eigenvalue weighted by Gasteiger charge is -2.20. The van der Waals surface area contributed by atoms with Gasteiger partial charge in [-0.15, -0.1) is 0 Å². The smallest absolute Gasteiger partial charge is 0.221 e. The Hall–Kier alpha value is -2.81. The van der Waals surface area contributed by atoms with Crippen LogP contribution in [0.15, 0.2) is 12.3 Å². The minimum atomic E-state index is 0.807. The van der Waals surface area contributed by atoms with Crippen LogP contribution in [0.25, 0.3) is 32.4 Å². The fourth-order valence-corrected chi connectivity index (χ4v) is 5.23. The Morgan fingerprint density at radius 3 is 1.73 bits per heavy atom. The van der Waals surface area contributed by atoms with E-state index in [0.29, 0.717) is 0 Å². The van der Waals surface area contributed by atoms with Crippen LogP contribution in [-0.2, 0) is 7.05 Å². The minimum Gasteiger partial charge on any atom is -0.493 e. The van der Waals surface area contributed by atoms with Crippen molar-refractivity contribution in [3.05, 3.63) is 51.2 Å². The first-order valence-corrected chi connectivity index (χ1v) is 10.5. The van der Waals surface area contributed by atoms with Crippen LogP contribution in [0.1, 0.15) is 38.9 Å². The van der Waals surface area contributed by atoms with Crippen LogP contribution >= 0.6 is 0 Å². The second-order valence-electron chi connectivity index (χ2n) is 8.68. The van der Waals surface area contributed by atoms with E-state index in [2.05, 4.69) is 72.3 Å². The molecule has 0 aliphatic rings. The number of ether oxygens (including phenoxy) is 2. The number of aryl methyl sites for hydroxylation is 6. The lowest BCUT2D eigenvalue weighted by Crippen LogP contribution is -2.29. The van der Waals surface area contributed by atoms with Gasteiger partial charge in [0.1, 0.15) is 7.05 Å². The first kappa shape index (κ1) is 20.5. The lowest BCUT2D eigenvalue weighted by atomic mass is 9.86. The summed E-state index contributed by atoms with van der Waals surface area (Å²) in [7, 11) is 5.58. The quantitative estimate of drug-likeness (QED) is 0.296. The molecular formula is C27H32NO2+. The number of hydrogen-bond donors (Lipinski definition) is 0. The zero-order chi connectivity index (χ0) is 22.1. The normalized spacial score (nSPS) is 11.7. The maximum absolute atomic E-state index is 5.86. The van der Waals surface area contributed by atoms with Crippen molar-refractivity contribution in [2.24, 2.45) is 7.05 Å². The van der Waals surface area contributed by atoms with Crippen LogP contribution in [0, 0.1) is 48.5 Å². The van der Waals surface area contributed by atoms with E-state index in [4.69, 9.17) is 9.47 Å². The van der Waals surface area contributed by atoms with Gasteiger partial charge in [-0.1, -0.05) is 0 Å². The van der Waals surface area contributed by atoms with Gasteiger partial charge in [-0.25, -0.2) is 0 Å². The third kappa shape index (κ3) is 2.47. The van der Waals surface area contributed by atoms with Crippen molar-refractivity contribution in [1.82, 2.24) is 0 Å². The number of pyridine rings is 1. The number of benzene rings is 3. The Morgan fingerprint density at radius 1 is 0.600 bits per heavy atom. The SMILES string of the molecule is COc1c(C)c(C)c2c(c[n+](C)c3c4cc(C)c(C)c(C)c4c(C)c(C)c23)c1OC. The molecule has 0 spiro atoms. The monoisotopic (exact) mass is 402 g/mol. The van der Waals surface area contributed by atoms with Crippen molar-refractivity contribution in [2.45, 2.75) is 48.5 Å². The second-order valence-corrected chi connectivity index (χ2v) is 8.68. The van der Waals surface area contributed by atoms with E-state index in [1.165, 1.54) is 60.4 Å². The molecule has 0 radical (unpaired) electrons. The van der Waals surface area contributed by atoms with Crippen molar-refractivity contribution in [2.75, 3.05) is 14.2 Å². The van der Waals surface area contributed by atoms with Crippen molar-refractivity contribution < 1.29 is 14.0 Å².